The van der Waals surface area contributed by atoms with Gasteiger partial charge in [0, 0.05) is 10.6 Å². The van der Waals surface area contributed by atoms with E-state index in [0.29, 0.717) is 5.69 Å². The summed E-state index contributed by atoms with van der Waals surface area (Å²) < 4.78 is 0. The molecule has 1 unspecified atom stereocenters. The molecule has 0 saturated heterocycles. The maximum absolute atomic E-state index is 11.2. The van der Waals surface area contributed by atoms with E-state index in [0.717, 1.165) is 5.56 Å². The average Bonchev–Trinajstić information content (AvgIpc) is 2.30. The highest BCUT2D eigenvalue weighted by Gasteiger charge is 2.08. The van der Waals surface area contributed by atoms with E-state index in [1.165, 1.54) is 0 Å². The third-order valence-corrected chi connectivity index (χ3v) is 2.17. The topological polar surface area (TPSA) is 102 Å². The number of azide groups is 1. The first-order chi connectivity index (χ1) is 8.17. The Hall–Kier alpha value is -2.51. The van der Waals surface area contributed by atoms with Crippen LogP contribution in [0.3, 0.4) is 0 Å². The van der Waals surface area contributed by atoms with Crippen molar-refractivity contribution in [3.05, 3.63) is 40.3 Å². The van der Waals surface area contributed by atoms with Gasteiger partial charge in [0.05, 0.1) is 12.1 Å². The molecule has 1 aromatic rings. The van der Waals surface area contributed by atoms with Crippen molar-refractivity contribution in [3.63, 3.8) is 0 Å². The zero-order valence-corrected chi connectivity index (χ0v) is 9.29. The highest BCUT2D eigenvalue weighted by Crippen LogP contribution is 2.18. The van der Waals surface area contributed by atoms with Gasteiger partial charge in [0.25, 0.3) is 0 Å². The Morgan fingerprint density at radius 3 is 2.76 bits per heavy atom. The van der Waals surface area contributed by atoms with Gasteiger partial charge in [-0.1, -0.05) is 29.4 Å². The molecule has 17 heavy (non-hydrogen) atoms. The molecule has 0 saturated carbocycles. The number of nitriles is 1. The van der Waals surface area contributed by atoms with Crippen molar-refractivity contribution in [2.75, 3.05) is 0 Å². The number of hydrogen-bond acceptors (Lipinski definition) is 3. The normalized spacial score (nSPS) is 10.8. The molecule has 0 fully saturated rings. The molecule has 0 spiro atoms. The minimum Gasteiger partial charge on any atom is -0.349 e. The highest BCUT2D eigenvalue weighted by molar-refractivity contribution is 5.78. The van der Waals surface area contributed by atoms with Crippen LogP contribution in [0.2, 0.25) is 0 Å². The molecule has 1 aromatic carbocycles. The molecule has 0 aliphatic rings. The molecule has 1 atom stereocenters. The molecule has 1 rings (SSSR count). The Morgan fingerprint density at radius 2 is 2.24 bits per heavy atom. The van der Waals surface area contributed by atoms with E-state index in [2.05, 4.69) is 15.3 Å². The van der Waals surface area contributed by atoms with Gasteiger partial charge in [0.15, 0.2) is 0 Å². The standard InChI is InChI=1S/C11H11N5O/c1-8(14-11(17)6-7-12)9-2-4-10(5-3-9)15-16-13/h2-5,8H,6H2,1H3,(H,14,17). The van der Waals surface area contributed by atoms with Crippen LogP contribution in [0.15, 0.2) is 29.4 Å². The molecule has 0 bridgehead atoms. The van der Waals surface area contributed by atoms with E-state index < -0.39 is 0 Å². The number of benzene rings is 1. The first kappa shape index (κ1) is 12.6. The molecule has 0 heterocycles. The van der Waals surface area contributed by atoms with Gasteiger partial charge in [-0.25, -0.2) is 0 Å². The fourth-order valence-corrected chi connectivity index (χ4v) is 1.33. The van der Waals surface area contributed by atoms with Crippen molar-refractivity contribution < 1.29 is 4.79 Å². The molecule has 6 nitrogen and oxygen atoms in total. The molecule has 0 radical (unpaired) electrons. The van der Waals surface area contributed by atoms with Gasteiger partial charge in [0.1, 0.15) is 6.42 Å². The van der Waals surface area contributed by atoms with Gasteiger partial charge in [-0.05, 0) is 18.0 Å². The summed E-state index contributed by atoms with van der Waals surface area (Å²) in [6.45, 7) is 1.82. The third kappa shape index (κ3) is 3.86. The lowest BCUT2D eigenvalue weighted by Gasteiger charge is -2.13. The maximum atomic E-state index is 11.2. The highest BCUT2D eigenvalue weighted by atomic mass is 16.1. The molecule has 0 aromatic heterocycles. The Labute approximate surface area is 98.5 Å². The minimum absolute atomic E-state index is 0.152. The first-order valence-electron chi connectivity index (χ1n) is 4.98. The third-order valence-electron chi connectivity index (χ3n) is 2.17. The Bertz CT molecular complexity index is 482. The summed E-state index contributed by atoms with van der Waals surface area (Å²) in [5.74, 6) is -0.306. The largest absolute Gasteiger partial charge is 0.349 e. The van der Waals surface area contributed by atoms with E-state index in [1.54, 1.807) is 30.3 Å². The van der Waals surface area contributed by atoms with E-state index in [4.69, 9.17) is 10.8 Å². The van der Waals surface area contributed by atoms with Crippen LogP contribution >= 0.6 is 0 Å². The second-order valence-electron chi connectivity index (χ2n) is 3.41. The van der Waals surface area contributed by atoms with Gasteiger partial charge in [-0.3, -0.25) is 4.79 Å². The predicted octanol–water partition coefficient (Wildman–Crippen LogP) is 2.72. The van der Waals surface area contributed by atoms with E-state index in [9.17, 15) is 4.79 Å². The zero-order chi connectivity index (χ0) is 12.7. The molecule has 1 N–H and O–H groups in total. The summed E-state index contributed by atoms with van der Waals surface area (Å²) in [5.41, 5.74) is 9.65. The molecular formula is C11H11N5O. The lowest BCUT2D eigenvalue weighted by Crippen LogP contribution is -2.25. The van der Waals surface area contributed by atoms with Crippen molar-refractivity contribution in [3.8, 4) is 6.07 Å². The number of nitrogens with zero attached hydrogens (tertiary/aromatic N) is 4. The summed E-state index contributed by atoms with van der Waals surface area (Å²) in [4.78, 5) is 13.9. The molecule has 86 valence electrons. The van der Waals surface area contributed by atoms with Crippen molar-refractivity contribution in [1.82, 2.24) is 5.32 Å². The summed E-state index contributed by atoms with van der Waals surface area (Å²) in [5, 5.41) is 14.5. The number of carbonyl (C=O) groups is 1. The zero-order valence-electron chi connectivity index (χ0n) is 9.29. The molecule has 0 aliphatic carbocycles. The fraction of sp³-hybridized carbons (Fsp3) is 0.273. The van der Waals surface area contributed by atoms with Crippen molar-refractivity contribution >= 4 is 11.6 Å². The number of hydrogen-bond donors (Lipinski definition) is 1. The number of carbonyl (C=O) groups excluding carboxylic acids is 1. The van der Waals surface area contributed by atoms with Crippen molar-refractivity contribution in [2.24, 2.45) is 5.11 Å². The Kier molecular flexibility index (Phi) is 4.55. The number of rotatable bonds is 4. The lowest BCUT2D eigenvalue weighted by atomic mass is 10.1. The van der Waals surface area contributed by atoms with Crippen LogP contribution in [-0.2, 0) is 4.79 Å². The Balaban J connectivity index is 2.70. The van der Waals surface area contributed by atoms with Crippen LogP contribution < -0.4 is 5.32 Å². The van der Waals surface area contributed by atoms with E-state index in [1.807, 2.05) is 6.92 Å². The quantitative estimate of drug-likeness (QED) is 0.487. The first-order valence-corrected chi connectivity index (χ1v) is 4.98. The van der Waals surface area contributed by atoms with Crippen LogP contribution in [0, 0.1) is 11.3 Å². The van der Waals surface area contributed by atoms with Crippen LogP contribution in [-0.4, -0.2) is 5.91 Å². The SMILES string of the molecule is CC(NC(=O)CC#N)c1ccc(N=[N+]=[N-])cc1. The minimum atomic E-state index is -0.306. The van der Waals surface area contributed by atoms with Crippen LogP contribution in [0.5, 0.6) is 0 Å². The summed E-state index contributed by atoms with van der Waals surface area (Å²) in [6, 6.07) is 8.47. The van der Waals surface area contributed by atoms with Gasteiger partial charge >= 0.3 is 0 Å². The number of nitrogens with one attached hydrogen (secondary N) is 1. The van der Waals surface area contributed by atoms with Gasteiger partial charge in [0.2, 0.25) is 5.91 Å². The van der Waals surface area contributed by atoms with Crippen molar-refractivity contribution in [1.29, 1.82) is 5.26 Å². The molecule has 1 amide bonds. The molecule has 6 heteroatoms. The van der Waals surface area contributed by atoms with E-state index in [-0.39, 0.29) is 18.4 Å². The second-order valence-corrected chi connectivity index (χ2v) is 3.41. The monoisotopic (exact) mass is 229 g/mol. The van der Waals surface area contributed by atoms with Gasteiger partial charge < -0.3 is 5.32 Å². The van der Waals surface area contributed by atoms with Crippen LogP contribution in [0.1, 0.15) is 24.9 Å². The van der Waals surface area contributed by atoms with Gasteiger partial charge in [-0.2, -0.15) is 5.26 Å². The summed E-state index contributed by atoms with van der Waals surface area (Å²) in [6.07, 6.45) is -0.152. The fourth-order valence-electron chi connectivity index (χ4n) is 1.33. The van der Waals surface area contributed by atoms with E-state index >= 15 is 0 Å². The van der Waals surface area contributed by atoms with Crippen molar-refractivity contribution in [2.45, 2.75) is 19.4 Å². The lowest BCUT2D eigenvalue weighted by molar-refractivity contribution is -0.120. The van der Waals surface area contributed by atoms with Gasteiger partial charge in [-0.15, -0.1) is 0 Å². The Morgan fingerprint density at radius 1 is 1.59 bits per heavy atom. The smallest absolute Gasteiger partial charge is 0.234 e. The molecule has 0 aliphatic heterocycles. The van der Waals surface area contributed by atoms with Crippen LogP contribution in [0.4, 0.5) is 5.69 Å². The van der Waals surface area contributed by atoms with Crippen LogP contribution in [0.25, 0.3) is 10.4 Å². The number of amides is 1. The summed E-state index contributed by atoms with van der Waals surface area (Å²) >= 11 is 0. The average molecular weight is 229 g/mol. The second kappa shape index (κ2) is 6.16. The summed E-state index contributed by atoms with van der Waals surface area (Å²) in [7, 11) is 0. The maximum Gasteiger partial charge on any atom is 0.234 e. The molecular weight excluding hydrogens is 218 g/mol. The predicted molar refractivity (Wildman–Crippen MR) is 62.0 cm³/mol.